The van der Waals surface area contributed by atoms with E-state index in [1.165, 1.54) is 0 Å². The number of ether oxygens (including phenoxy) is 2. The minimum atomic E-state index is -0.139. The minimum Gasteiger partial charge on any atom is -0.497 e. The average Bonchev–Trinajstić information content (AvgIpc) is 3.36. The highest BCUT2D eigenvalue weighted by Crippen LogP contribution is 2.36. The first-order valence-electron chi connectivity index (χ1n) is 12.3. The van der Waals surface area contributed by atoms with Gasteiger partial charge in [0.1, 0.15) is 12.4 Å². The first-order valence-corrected chi connectivity index (χ1v) is 12.6. The fraction of sp³-hybridized carbons (Fsp3) is 0.241. The van der Waals surface area contributed by atoms with Gasteiger partial charge in [-0.05, 0) is 53.9 Å². The number of fused-ring (bicyclic) bond motifs is 1. The molecule has 0 aliphatic carbocycles. The van der Waals surface area contributed by atoms with Crippen LogP contribution in [0.25, 0.3) is 0 Å². The molecule has 1 N–H and O–H groups in total. The number of amides is 1. The summed E-state index contributed by atoms with van der Waals surface area (Å²) >= 11 is 6.03. The Morgan fingerprint density at radius 2 is 1.84 bits per heavy atom. The van der Waals surface area contributed by atoms with E-state index in [0.717, 1.165) is 46.2 Å². The van der Waals surface area contributed by atoms with Gasteiger partial charge < -0.3 is 24.3 Å². The van der Waals surface area contributed by atoms with Crippen LogP contribution in [0.3, 0.4) is 0 Å². The van der Waals surface area contributed by atoms with Gasteiger partial charge >= 0.3 is 0 Å². The second-order valence-corrected chi connectivity index (χ2v) is 9.35. The van der Waals surface area contributed by atoms with Crippen LogP contribution in [0, 0.1) is 0 Å². The first kappa shape index (κ1) is 24.7. The van der Waals surface area contributed by atoms with Gasteiger partial charge in [-0.2, -0.15) is 0 Å². The van der Waals surface area contributed by atoms with Crippen molar-refractivity contribution in [3.05, 3.63) is 107 Å². The molecule has 3 aromatic carbocycles. The highest BCUT2D eigenvalue weighted by molar-refractivity contribution is 6.30. The van der Waals surface area contributed by atoms with E-state index in [4.69, 9.17) is 21.1 Å². The van der Waals surface area contributed by atoms with Crippen LogP contribution >= 0.6 is 11.6 Å². The van der Waals surface area contributed by atoms with Crippen molar-refractivity contribution in [3.63, 3.8) is 0 Å². The van der Waals surface area contributed by atoms with Crippen molar-refractivity contribution < 1.29 is 14.3 Å². The molecule has 0 unspecified atom stereocenters. The zero-order valence-electron chi connectivity index (χ0n) is 20.7. The van der Waals surface area contributed by atoms with Gasteiger partial charge in [-0.15, -0.1) is 0 Å². The van der Waals surface area contributed by atoms with Gasteiger partial charge in [-0.25, -0.2) is 4.98 Å². The van der Waals surface area contributed by atoms with Crippen LogP contribution in [-0.2, 0) is 19.5 Å². The smallest absolute Gasteiger partial charge is 0.255 e. The molecule has 4 aromatic rings. The van der Waals surface area contributed by atoms with Crippen molar-refractivity contribution in [2.24, 2.45) is 0 Å². The third-order valence-corrected chi connectivity index (χ3v) is 6.71. The molecule has 2 heterocycles. The number of halogens is 1. The predicted molar refractivity (Wildman–Crippen MR) is 145 cm³/mol. The molecule has 0 radical (unpaired) electrons. The van der Waals surface area contributed by atoms with Crippen molar-refractivity contribution in [1.82, 2.24) is 14.9 Å². The number of imidazole rings is 1. The summed E-state index contributed by atoms with van der Waals surface area (Å²) in [5, 5.41) is 3.76. The Morgan fingerprint density at radius 1 is 1.05 bits per heavy atom. The van der Waals surface area contributed by atoms with E-state index in [2.05, 4.69) is 19.8 Å². The van der Waals surface area contributed by atoms with Gasteiger partial charge in [-0.1, -0.05) is 41.9 Å². The number of aromatic nitrogens is 2. The summed E-state index contributed by atoms with van der Waals surface area (Å²) in [7, 11) is 1.65. The molecule has 0 bridgehead atoms. The molecule has 0 saturated heterocycles. The lowest BCUT2D eigenvalue weighted by atomic mass is 10.1. The van der Waals surface area contributed by atoms with Gasteiger partial charge in [0, 0.05) is 24.3 Å². The Morgan fingerprint density at radius 3 is 2.62 bits per heavy atom. The highest BCUT2D eigenvalue weighted by Gasteiger charge is 2.24. The minimum absolute atomic E-state index is 0.139. The van der Waals surface area contributed by atoms with Gasteiger partial charge in [-0.3, -0.25) is 4.79 Å². The zero-order valence-corrected chi connectivity index (χ0v) is 21.4. The third-order valence-electron chi connectivity index (χ3n) is 6.46. The van der Waals surface area contributed by atoms with E-state index in [9.17, 15) is 4.79 Å². The number of para-hydroxylation sites is 1. The Balaban J connectivity index is 1.26. The fourth-order valence-corrected chi connectivity index (χ4v) is 4.58. The highest BCUT2D eigenvalue weighted by atomic mass is 35.5. The Hall–Kier alpha value is -3.97. The molecule has 190 valence electrons. The summed E-state index contributed by atoms with van der Waals surface area (Å²) < 4.78 is 13.3. The van der Waals surface area contributed by atoms with E-state index in [-0.39, 0.29) is 5.91 Å². The molecule has 0 saturated carbocycles. The molecule has 0 fully saturated rings. The van der Waals surface area contributed by atoms with E-state index in [0.29, 0.717) is 37.6 Å². The number of methoxy groups -OCH3 is 1. The summed E-state index contributed by atoms with van der Waals surface area (Å²) in [5.74, 6) is 1.30. The Labute approximate surface area is 221 Å². The van der Waals surface area contributed by atoms with E-state index < -0.39 is 0 Å². The lowest BCUT2D eigenvalue weighted by Crippen LogP contribution is -2.34. The molecule has 5 rings (SSSR count). The van der Waals surface area contributed by atoms with Crippen molar-refractivity contribution in [2.45, 2.75) is 19.5 Å². The van der Waals surface area contributed by atoms with Gasteiger partial charge in [0.05, 0.1) is 43.5 Å². The van der Waals surface area contributed by atoms with E-state index in [1.54, 1.807) is 7.11 Å². The summed E-state index contributed by atoms with van der Waals surface area (Å²) in [6, 6.07) is 21.4. The molecule has 37 heavy (non-hydrogen) atoms. The van der Waals surface area contributed by atoms with Gasteiger partial charge in [0.2, 0.25) is 0 Å². The molecule has 1 amide bonds. The van der Waals surface area contributed by atoms with Gasteiger partial charge in [0.15, 0.2) is 5.75 Å². The van der Waals surface area contributed by atoms with Crippen molar-refractivity contribution in [3.8, 4) is 11.5 Å². The van der Waals surface area contributed by atoms with Crippen molar-refractivity contribution in [1.29, 1.82) is 0 Å². The van der Waals surface area contributed by atoms with Crippen LogP contribution in [0.4, 0.5) is 5.69 Å². The van der Waals surface area contributed by atoms with Crippen LogP contribution in [-0.4, -0.2) is 42.3 Å². The summed E-state index contributed by atoms with van der Waals surface area (Å²) in [5.41, 5.74) is 4.82. The number of carbonyl (C=O) groups excluding carboxylic acids is 1. The maximum absolute atomic E-state index is 13.1. The lowest BCUT2D eigenvalue weighted by molar-refractivity contribution is 0.0949. The summed E-state index contributed by atoms with van der Waals surface area (Å²) in [6.07, 6.45) is 4.47. The van der Waals surface area contributed by atoms with Crippen LogP contribution in [0.15, 0.2) is 79.3 Å². The number of carbonyl (C=O) groups is 1. The quantitative estimate of drug-likeness (QED) is 0.340. The maximum atomic E-state index is 13.1. The molecule has 7 nitrogen and oxygen atoms in total. The lowest BCUT2D eigenvalue weighted by Gasteiger charge is -2.32. The molecular weight excluding hydrogens is 488 g/mol. The van der Waals surface area contributed by atoms with E-state index in [1.807, 2.05) is 79.3 Å². The van der Waals surface area contributed by atoms with Gasteiger partial charge in [0.25, 0.3) is 5.91 Å². The van der Waals surface area contributed by atoms with Crippen molar-refractivity contribution in [2.75, 3.05) is 31.7 Å². The summed E-state index contributed by atoms with van der Waals surface area (Å²) in [4.78, 5) is 19.7. The fourth-order valence-electron chi connectivity index (χ4n) is 4.46. The van der Waals surface area contributed by atoms with Crippen LogP contribution in [0.1, 0.15) is 27.2 Å². The number of hydrogen-bond acceptors (Lipinski definition) is 5. The number of hydrogen-bond donors (Lipinski definition) is 1. The zero-order chi connectivity index (χ0) is 25.6. The molecule has 0 atom stereocenters. The Kier molecular flexibility index (Phi) is 7.61. The number of anilines is 1. The number of benzene rings is 3. The molecule has 1 aliphatic heterocycles. The van der Waals surface area contributed by atoms with Crippen LogP contribution in [0.5, 0.6) is 11.5 Å². The van der Waals surface area contributed by atoms with E-state index >= 15 is 0 Å². The normalized spacial score (nSPS) is 12.5. The maximum Gasteiger partial charge on any atom is 0.255 e. The second kappa shape index (κ2) is 11.4. The standard InChI is InChI=1S/C29H29ClN4O3/c1-36-25-11-7-21(8-12-25)13-14-32-29(35)26-3-2-4-27-28(26)37-16-15-33(27)19-24-17-31-20-34(24)18-22-5-9-23(30)10-6-22/h2-12,17,20H,13-16,18-19H2,1H3,(H,32,35). The molecule has 1 aromatic heterocycles. The average molecular weight is 517 g/mol. The van der Waals surface area contributed by atoms with Crippen LogP contribution < -0.4 is 19.7 Å². The molecule has 1 aliphatic rings. The topological polar surface area (TPSA) is 68.6 Å². The predicted octanol–water partition coefficient (Wildman–Crippen LogP) is 4.96. The SMILES string of the molecule is COc1ccc(CCNC(=O)c2cccc3c2OCCN3Cc2cncn2Cc2ccc(Cl)cc2)cc1. The van der Waals surface area contributed by atoms with Crippen molar-refractivity contribution >= 4 is 23.2 Å². The second-order valence-electron chi connectivity index (χ2n) is 8.92. The summed E-state index contributed by atoms with van der Waals surface area (Å²) in [6.45, 7) is 3.13. The molecule has 0 spiro atoms. The molecule has 8 heteroatoms. The molecular formula is C29H29ClN4O3. The first-order chi connectivity index (χ1) is 18.1. The monoisotopic (exact) mass is 516 g/mol. The largest absolute Gasteiger partial charge is 0.497 e. The number of nitrogens with zero attached hydrogens (tertiary/aromatic N) is 3. The number of rotatable bonds is 9. The van der Waals surface area contributed by atoms with Crippen LogP contribution in [0.2, 0.25) is 5.02 Å². The third kappa shape index (κ3) is 5.89. The Bertz CT molecular complexity index is 1350. The number of nitrogens with one attached hydrogen (secondary N) is 1.